The predicted octanol–water partition coefficient (Wildman–Crippen LogP) is 9.68. The SMILES string of the molecule is Brc1ccc(Nc2nc(Nc3ccc(Br)cc3Br)nc(Nc3ccc(Br)cc3Br)n2)c(Br)c1. The Balaban J connectivity index is 1.71. The van der Waals surface area contributed by atoms with E-state index in [2.05, 4.69) is 126 Å². The first-order chi connectivity index (χ1) is 15.8. The van der Waals surface area contributed by atoms with Gasteiger partial charge in [0.15, 0.2) is 0 Å². The van der Waals surface area contributed by atoms with E-state index >= 15 is 0 Å². The van der Waals surface area contributed by atoms with Crippen LogP contribution >= 0.6 is 95.6 Å². The van der Waals surface area contributed by atoms with E-state index in [4.69, 9.17) is 0 Å². The zero-order valence-corrected chi connectivity index (χ0v) is 25.8. The van der Waals surface area contributed by atoms with E-state index in [1.165, 1.54) is 0 Å². The van der Waals surface area contributed by atoms with Crippen molar-refractivity contribution in [3.63, 3.8) is 0 Å². The van der Waals surface area contributed by atoms with Crippen LogP contribution in [0.15, 0.2) is 81.4 Å². The average molecular weight is 828 g/mol. The highest BCUT2D eigenvalue weighted by Crippen LogP contribution is 2.32. The van der Waals surface area contributed by atoms with Gasteiger partial charge in [0.2, 0.25) is 17.8 Å². The van der Waals surface area contributed by atoms with Gasteiger partial charge in [-0.15, -0.1) is 0 Å². The number of rotatable bonds is 6. The molecule has 4 rings (SSSR count). The number of nitrogens with one attached hydrogen (secondary N) is 3. The molecule has 0 saturated carbocycles. The Morgan fingerprint density at radius 2 is 0.697 bits per heavy atom. The lowest BCUT2D eigenvalue weighted by Crippen LogP contribution is -2.08. The molecule has 0 unspecified atom stereocenters. The van der Waals surface area contributed by atoms with E-state index in [0.29, 0.717) is 17.8 Å². The van der Waals surface area contributed by atoms with Crippen molar-refractivity contribution in [1.29, 1.82) is 0 Å². The Kier molecular flexibility index (Phi) is 8.45. The van der Waals surface area contributed by atoms with E-state index < -0.39 is 0 Å². The van der Waals surface area contributed by atoms with E-state index in [-0.39, 0.29) is 0 Å². The highest BCUT2D eigenvalue weighted by Gasteiger charge is 2.12. The molecule has 0 aliphatic rings. The normalized spacial score (nSPS) is 10.7. The van der Waals surface area contributed by atoms with Gasteiger partial charge in [0.25, 0.3) is 0 Å². The van der Waals surface area contributed by atoms with E-state index in [1.807, 2.05) is 54.6 Å². The van der Waals surface area contributed by atoms with Crippen molar-refractivity contribution in [2.24, 2.45) is 0 Å². The standard InChI is InChI=1S/C21H12Br6N6/c22-10-1-4-16(13(25)7-10)28-19-31-20(29-17-5-2-11(23)8-14(17)26)33-21(32-19)30-18-6-3-12(24)9-15(18)27/h1-9H,(H3,28,29,30,31,32,33). The smallest absolute Gasteiger partial charge is 0.233 e. The summed E-state index contributed by atoms with van der Waals surface area (Å²) in [6, 6.07) is 17.4. The number of benzene rings is 3. The number of anilines is 6. The third kappa shape index (κ3) is 6.76. The van der Waals surface area contributed by atoms with E-state index in [1.54, 1.807) is 0 Å². The van der Waals surface area contributed by atoms with Crippen LogP contribution in [0.25, 0.3) is 0 Å². The topological polar surface area (TPSA) is 74.8 Å². The van der Waals surface area contributed by atoms with Crippen molar-refractivity contribution in [2.45, 2.75) is 0 Å². The molecule has 0 aliphatic carbocycles. The zero-order valence-electron chi connectivity index (χ0n) is 16.3. The number of hydrogen-bond donors (Lipinski definition) is 3. The molecule has 0 amide bonds. The molecule has 3 aromatic carbocycles. The summed E-state index contributed by atoms with van der Waals surface area (Å²) in [6.45, 7) is 0. The summed E-state index contributed by atoms with van der Waals surface area (Å²) in [7, 11) is 0. The zero-order chi connectivity index (χ0) is 23.5. The van der Waals surface area contributed by atoms with Gasteiger partial charge in [-0.1, -0.05) is 47.8 Å². The third-order valence-corrected chi connectivity index (χ3v) is 7.62. The Labute approximate surface area is 240 Å². The molecule has 0 atom stereocenters. The van der Waals surface area contributed by atoms with Crippen molar-refractivity contribution in [3.05, 3.63) is 81.4 Å². The van der Waals surface area contributed by atoms with Crippen LogP contribution in [0, 0.1) is 0 Å². The molecule has 12 heteroatoms. The highest BCUT2D eigenvalue weighted by molar-refractivity contribution is 9.11. The first kappa shape index (κ1) is 25.1. The van der Waals surface area contributed by atoms with Gasteiger partial charge in [-0.2, -0.15) is 15.0 Å². The summed E-state index contributed by atoms with van der Waals surface area (Å²) in [5.41, 5.74) is 2.45. The molecule has 3 N–H and O–H groups in total. The first-order valence-electron chi connectivity index (χ1n) is 9.19. The van der Waals surface area contributed by atoms with E-state index in [9.17, 15) is 0 Å². The van der Waals surface area contributed by atoms with Crippen LogP contribution in [-0.2, 0) is 0 Å². The summed E-state index contributed by atoms with van der Waals surface area (Å²) >= 11 is 21.1. The van der Waals surface area contributed by atoms with Gasteiger partial charge < -0.3 is 16.0 Å². The lowest BCUT2D eigenvalue weighted by atomic mass is 10.3. The Bertz CT molecular complexity index is 1160. The van der Waals surface area contributed by atoms with Gasteiger partial charge in [0, 0.05) is 26.8 Å². The Hall–Kier alpha value is -1.05. The maximum Gasteiger partial charge on any atom is 0.233 e. The third-order valence-electron chi connectivity index (χ3n) is 4.17. The minimum absolute atomic E-state index is 0.375. The average Bonchev–Trinajstić information content (AvgIpc) is 2.74. The second-order valence-corrected chi connectivity index (χ2v) is 11.9. The van der Waals surface area contributed by atoms with Crippen LogP contribution in [0.4, 0.5) is 34.9 Å². The summed E-state index contributed by atoms with van der Waals surface area (Å²) < 4.78 is 5.48. The summed E-state index contributed by atoms with van der Waals surface area (Å²) in [5, 5.41) is 9.75. The van der Waals surface area contributed by atoms with Crippen LogP contribution in [0.2, 0.25) is 0 Å². The molecule has 4 aromatic rings. The second-order valence-electron chi connectivity index (χ2n) is 6.55. The maximum atomic E-state index is 4.56. The predicted molar refractivity (Wildman–Crippen MR) is 155 cm³/mol. The van der Waals surface area contributed by atoms with Crippen LogP contribution in [0.5, 0.6) is 0 Å². The van der Waals surface area contributed by atoms with Gasteiger partial charge >= 0.3 is 0 Å². The molecule has 0 fully saturated rings. The fourth-order valence-corrected chi connectivity index (χ4v) is 6.12. The first-order valence-corrected chi connectivity index (χ1v) is 13.9. The number of aromatic nitrogens is 3. The van der Waals surface area contributed by atoms with Gasteiger partial charge in [-0.05, 0) is 102 Å². The summed E-state index contributed by atoms with van der Waals surface area (Å²) in [4.78, 5) is 13.7. The molecule has 6 nitrogen and oxygen atoms in total. The Morgan fingerprint density at radius 3 is 0.939 bits per heavy atom. The van der Waals surface area contributed by atoms with Crippen LogP contribution in [0.3, 0.4) is 0 Å². The molecule has 0 spiro atoms. The monoisotopic (exact) mass is 822 g/mol. The van der Waals surface area contributed by atoms with Crippen LogP contribution in [-0.4, -0.2) is 15.0 Å². The lowest BCUT2D eigenvalue weighted by Gasteiger charge is -2.14. The molecule has 0 radical (unpaired) electrons. The fraction of sp³-hybridized carbons (Fsp3) is 0. The molecule has 1 aromatic heterocycles. The molecule has 33 heavy (non-hydrogen) atoms. The molecule has 0 aliphatic heterocycles. The van der Waals surface area contributed by atoms with Crippen molar-refractivity contribution in [3.8, 4) is 0 Å². The molecular formula is C21H12Br6N6. The molecule has 1 heterocycles. The van der Waals surface area contributed by atoms with Crippen LogP contribution < -0.4 is 16.0 Å². The number of nitrogens with zero attached hydrogens (tertiary/aromatic N) is 3. The second kappa shape index (κ2) is 11.1. The fourth-order valence-electron chi connectivity index (χ4n) is 2.68. The van der Waals surface area contributed by atoms with Gasteiger partial charge in [0.1, 0.15) is 0 Å². The van der Waals surface area contributed by atoms with Gasteiger partial charge in [-0.25, -0.2) is 0 Å². The van der Waals surface area contributed by atoms with Crippen molar-refractivity contribution in [1.82, 2.24) is 15.0 Å². The van der Waals surface area contributed by atoms with Gasteiger partial charge in [0.05, 0.1) is 17.1 Å². The molecule has 168 valence electrons. The molecule has 0 bridgehead atoms. The molecule has 0 saturated heterocycles. The maximum absolute atomic E-state index is 4.56. The minimum Gasteiger partial charge on any atom is -0.323 e. The van der Waals surface area contributed by atoms with Crippen LogP contribution in [0.1, 0.15) is 0 Å². The number of halogens is 6. The number of hydrogen-bond acceptors (Lipinski definition) is 6. The van der Waals surface area contributed by atoms with Crippen molar-refractivity contribution < 1.29 is 0 Å². The Morgan fingerprint density at radius 1 is 0.424 bits per heavy atom. The summed E-state index contributed by atoms with van der Waals surface area (Å²) in [5.74, 6) is 1.12. The van der Waals surface area contributed by atoms with Crippen molar-refractivity contribution >= 4 is 130 Å². The quantitative estimate of drug-likeness (QED) is 0.180. The molecular weight excluding hydrogens is 816 g/mol. The van der Waals surface area contributed by atoms with Crippen molar-refractivity contribution in [2.75, 3.05) is 16.0 Å². The largest absolute Gasteiger partial charge is 0.323 e. The lowest BCUT2D eigenvalue weighted by molar-refractivity contribution is 1.06. The minimum atomic E-state index is 0.375. The summed E-state index contributed by atoms with van der Waals surface area (Å²) in [6.07, 6.45) is 0. The highest BCUT2D eigenvalue weighted by atomic mass is 79.9. The van der Waals surface area contributed by atoms with E-state index in [0.717, 1.165) is 43.9 Å². The van der Waals surface area contributed by atoms with Gasteiger partial charge in [-0.3, -0.25) is 0 Å².